The maximum absolute atomic E-state index is 12.5. The zero-order valence-corrected chi connectivity index (χ0v) is 23.3. The summed E-state index contributed by atoms with van der Waals surface area (Å²) in [7, 11) is -3.65. The molecule has 0 radical (unpaired) electrons. The van der Waals surface area contributed by atoms with Crippen LogP contribution in [0.15, 0.2) is 16.4 Å². The van der Waals surface area contributed by atoms with Gasteiger partial charge in [0.05, 0.1) is 28.8 Å². The molecule has 2 atom stereocenters. The van der Waals surface area contributed by atoms with Crippen LogP contribution in [0.1, 0.15) is 12.8 Å². The van der Waals surface area contributed by atoms with Crippen molar-refractivity contribution in [3.05, 3.63) is 11.3 Å². The Hall–Kier alpha value is -0.960. The predicted molar refractivity (Wildman–Crippen MR) is 116 cm³/mol. The van der Waals surface area contributed by atoms with Crippen molar-refractivity contribution < 1.29 is 65.8 Å². The summed E-state index contributed by atoms with van der Waals surface area (Å²) in [5.74, 6) is -2.35. The molecule has 3 rings (SSSR count). The van der Waals surface area contributed by atoms with E-state index in [0.29, 0.717) is 10.7 Å². The number of β-lactam (4-membered cyclic amide) rings is 1. The van der Waals surface area contributed by atoms with E-state index in [-0.39, 0.29) is 65.5 Å². The topological polar surface area (TPSA) is 176 Å². The molecule has 0 aromatic carbocycles. The zero-order chi connectivity index (χ0) is 25.3. The van der Waals surface area contributed by atoms with Gasteiger partial charge in [-0.2, -0.15) is 13.2 Å². The summed E-state index contributed by atoms with van der Waals surface area (Å²) < 4.78 is 61.0. The van der Waals surface area contributed by atoms with Gasteiger partial charge in [-0.3, -0.25) is 9.69 Å². The molecule has 0 spiro atoms. The monoisotopic (exact) mass is 583 g/mol. The van der Waals surface area contributed by atoms with Gasteiger partial charge in [-0.15, -0.1) is 16.9 Å². The molecule has 2 aliphatic rings. The maximum Gasteiger partial charge on any atom is 1.00 e. The van der Waals surface area contributed by atoms with E-state index < -0.39 is 50.9 Å². The number of rotatable bonds is 10. The second kappa shape index (κ2) is 12.1. The molecule has 3 N–H and O–H groups in total. The molecule has 35 heavy (non-hydrogen) atoms. The molecule has 188 valence electrons. The van der Waals surface area contributed by atoms with Crippen LogP contribution in [-0.4, -0.2) is 85.2 Å². The van der Waals surface area contributed by atoms with Gasteiger partial charge in [0.1, 0.15) is 11.4 Å². The summed E-state index contributed by atoms with van der Waals surface area (Å²) in [5, 5.41) is 29.7. The summed E-state index contributed by atoms with van der Waals surface area (Å²) in [5.41, 5.74) is -0.00991. The van der Waals surface area contributed by atoms with Crippen LogP contribution >= 0.6 is 35.7 Å². The number of aromatic nitrogens is 4. The van der Waals surface area contributed by atoms with E-state index in [1.165, 1.54) is 16.4 Å². The number of aliphatic carboxylic acids is 1. The Balaban J connectivity index is 0.00000432. The molecule has 1 aromatic rings. The Labute approximate surface area is 233 Å². The first kappa shape index (κ1) is 30.3. The van der Waals surface area contributed by atoms with E-state index in [0.717, 1.165) is 16.7 Å². The van der Waals surface area contributed by atoms with E-state index in [2.05, 4.69) is 33.1 Å². The van der Waals surface area contributed by atoms with Crippen LogP contribution in [0, 0.1) is 0 Å². The third-order valence-corrected chi connectivity index (χ3v) is 8.09. The molecule has 1 fully saturated rings. The van der Waals surface area contributed by atoms with Gasteiger partial charge in [0, 0.05) is 18.1 Å². The molecule has 1 unspecified atom stereocenters. The summed E-state index contributed by atoms with van der Waals surface area (Å²) in [6.07, 6.45) is -5.76. The number of nitrogens with one attached hydrogen (secondary N) is 1. The second-order valence-electron chi connectivity index (χ2n) is 7.18. The van der Waals surface area contributed by atoms with E-state index in [1.54, 1.807) is 0 Å². The Bertz CT molecular complexity index is 1130. The van der Waals surface area contributed by atoms with E-state index in [9.17, 15) is 36.3 Å². The number of sulfonamides is 1. The van der Waals surface area contributed by atoms with Crippen molar-refractivity contribution in [3.8, 4) is 0 Å². The number of nitrogens with two attached hydrogens (primary N) is 1. The number of alkyl halides is 3. The molecule has 2 aliphatic heterocycles. The first-order valence-electron chi connectivity index (χ1n) is 9.40. The van der Waals surface area contributed by atoms with Gasteiger partial charge in [0.25, 0.3) is 5.91 Å². The number of fused-ring (bicyclic) bond motifs is 1. The Morgan fingerprint density at radius 1 is 1.40 bits per heavy atom. The third-order valence-electron chi connectivity index (χ3n) is 4.59. The smallest absolute Gasteiger partial charge is 0.543 e. The standard InChI is InChI=1S/C15H18F3N7O5S4.Na/c16-15(17,18)4-8(31)20-9-11(26)25-10(13(27)28)7(5-32-12(9)25)6-33-14-21-22-23-24(14)2-1-3-34(19,29)30;/h9,12H,1-6H2,(H,20,31)(H,27,28)(H2,19,29,30);/q;+1/p-1/t9?,12-;/m1./s1. The molecule has 0 saturated carbocycles. The number of amides is 1. The molecule has 1 amide bonds. The minimum Gasteiger partial charge on any atom is -0.543 e. The van der Waals surface area contributed by atoms with Gasteiger partial charge in [-0.1, -0.05) is 24.0 Å². The number of carboxylic acids is 1. The molecule has 1 saturated heterocycles. The molecule has 1 aromatic heterocycles. The first-order chi connectivity index (χ1) is 15.8. The van der Waals surface area contributed by atoms with Crippen molar-refractivity contribution in [3.63, 3.8) is 0 Å². The summed E-state index contributed by atoms with van der Waals surface area (Å²) >= 11 is 6.91. The van der Waals surface area contributed by atoms with E-state index in [4.69, 9.17) is 5.14 Å². The third kappa shape index (κ3) is 8.01. The number of thiocarbonyl (C=S) groups is 1. The number of carbonyl (C=O) groups is 2. The van der Waals surface area contributed by atoms with Gasteiger partial charge < -0.3 is 15.2 Å². The van der Waals surface area contributed by atoms with Crippen molar-refractivity contribution >= 4 is 62.6 Å². The van der Waals surface area contributed by atoms with Gasteiger partial charge in [-0.05, 0) is 22.4 Å². The van der Waals surface area contributed by atoms with Gasteiger partial charge in [0.15, 0.2) is 0 Å². The predicted octanol–water partition coefficient (Wildman–Crippen LogP) is -4.40. The first-order valence-corrected chi connectivity index (χ1v) is 13.6. The Morgan fingerprint density at radius 2 is 2.09 bits per heavy atom. The van der Waals surface area contributed by atoms with Gasteiger partial charge in [-0.25, -0.2) is 18.2 Å². The van der Waals surface area contributed by atoms with Gasteiger partial charge >= 0.3 is 35.7 Å². The molecular formula is C15H17F3N7NaO5S4. The quantitative estimate of drug-likeness (QED) is 0.117. The average molecular weight is 584 g/mol. The molecular weight excluding hydrogens is 566 g/mol. The largest absolute Gasteiger partial charge is 1.00 e. The van der Waals surface area contributed by atoms with E-state index in [1.807, 2.05) is 0 Å². The fourth-order valence-corrected chi connectivity index (χ4v) is 6.41. The number of hydrogen-bond acceptors (Lipinski definition) is 11. The zero-order valence-electron chi connectivity index (χ0n) is 18.0. The SMILES string of the molecule is NS(=O)(=O)CCCn1nnnc1SCC1=C(C(=O)[O-])N2C(=O)C(NC(=S)CC(F)(F)F)[C@H]2SC1.[Na+]. The molecule has 12 nitrogen and oxygen atoms in total. The van der Waals surface area contributed by atoms with Crippen LogP contribution in [-0.2, 0) is 26.2 Å². The number of hydrogen-bond donors (Lipinski definition) is 2. The summed E-state index contributed by atoms with van der Waals surface area (Å²) in [6.45, 7) is 0.158. The number of halogens is 3. The van der Waals surface area contributed by atoms with Gasteiger partial charge in [0.2, 0.25) is 15.2 Å². The normalized spacial score (nSPS) is 20.1. The number of carbonyl (C=O) groups excluding carboxylic acids is 2. The van der Waals surface area contributed by atoms with Crippen LogP contribution in [0.25, 0.3) is 0 Å². The van der Waals surface area contributed by atoms with E-state index >= 15 is 0 Å². The van der Waals surface area contributed by atoms with Crippen LogP contribution in [0.3, 0.4) is 0 Å². The van der Waals surface area contributed by atoms with Crippen molar-refractivity contribution in [2.45, 2.75) is 42.1 Å². The van der Waals surface area contributed by atoms with Crippen LogP contribution < -0.4 is 45.1 Å². The maximum atomic E-state index is 12.5. The number of carboxylic acid groups (broad SMARTS) is 1. The Kier molecular flexibility index (Phi) is 10.4. The number of aryl methyl sites for hydroxylation is 1. The molecule has 20 heteroatoms. The summed E-state index contributed by atoms with van der Waals surface area (Å²) in [4.78, 5) is 24.7. The molecule has 3 heterocycles. The van der Waals surface area contributed by atoms with Crippen molar-refractivity contribution in [2.75, 3.05) is 17.3 Å². The number of nitrogens with zero attached hydrogens (tertiary/aromatic N) is 5. The number of tetrazole rings is 1. The fourth-order valence-electron chi connectivity index (χ4n) is 3.20. The van der Waals surface area contributed by atoms with Crippen molar-refractivity contribution in [2.24, 2.45) is 5.14 Å². The number of primary sulfonamides is 1. The fraction of sp³-hybridized carbons (Fsp3) is 0.600. The minimum absolute atomic E-state index is 0. The van der Waals surface area contributed by atoms with Crippen molar-refractivity contribution in [1.82, 2.24) is 30.4 Å². The summed E-state index contributed by atoms with van der Waals surface area (Å²) in [6, 6.07) is -1.07. The Morgan fingerprint density at radius 3 is 2.69 bits per heavy atom. The van der Waals surface area contributed by atoms with Crippen LogP contribution in [0.4, 0.5) is 13.2 Å². The molecule has 0 bridgehead atoms. The number of thioether (sulfide) groups is 2. The second-order valence-corrected chi connectivity index (χ2v) is 11.5. The van der Waals surface area contributed by atoms with Crippen molar-refractivity contribution in [1.29, 1.82) is 0 Å². The minimum atomic E-state index is -4.54. The van der Waals surface area contributed by atoms with Crippen LogP contribution in [0.5, 0.6) is 0 Å². The average Bonchev–Trinajstić information content (AvgIpc) is 3.14. The van der Waals surface area contributed by atoms with Crippen LogP contribution in [0.2, 0.25) is 0 Å². The molecule has 0 aliphatic carbocycles.